The highest BCUT2D eigenvalue weighted by Crippen LogP contribution is 2.39. The van der Waals surface area contributed by atoms with E-state index in [0.29, 0.717) is 11.5 Å². The van der Waals surface area contributed by atoms with Gasteiger partial charge in [0.1, 0.15) is 0 Å². The third-order valence-electron chi connectivity index (χ3n) is 3.51. The van der Waals surface area contributed by atoms with E-state index in [1.54, 1.807) is 0 Å². The summed E-state index contributed by atoms with van der Waals surface area (Å²) in [5.74, 6) is 0.973. The summed E-state index contributed by atoms with van der Waals surface area (Å²) in [5, 5.41) is 0. The summed E-state index contributed by atoms with van der Waals surface area (Å²) in [6, 6.07) is 0. The van der Waals surface area contributed by atoms with Gasteiger partial charge in [-0.05, 0) is 25.0 Å². The topological polar surface area (TPSA) is 18.5 Å². The Bertz CT molecular complexity index is 172. The molecule has 1 aliphatic carbocycles. The van der Waals surface area contributed by atoms with E-state index in [0.717, 1.165) is 32.0 Å². The van der Waals surface area contributed by atoms with E-state index in [-0.39, 0.29) is 0 Å². The molecule has 0 aromatic carbocycles. The standard InChI is InChI=1S/C11H20O2S/c14-9-11(4-1-2-5-11)8-13-10-3-6-12-7-10/h10,14H,1-9H2. The Labute approximate surface area is 91.8 Å². The fourth-order valence-electron chi connectivity index (χ4n) is 2.41. The minimum absolute atomic E-state index is 0.354. The smallest absolute Gasteiger partial charge is 0.0830 e. The summed E-state index contributed by atoms with van der Waals surface area (Å²) >= 11 is 4.47. The minimum Gasteiger partial charge on any atom is -0.379 e. The summed E-state index contributed by atoms with van der Waals surface area (Å²) in [6.07, 6.45) is 6.72. The molecule has 3 heteroatoms. The first-order chi connectivity index (χ1) is 6.85. The van der Waals surface area contributed by atoms with Gasteiger partial charge >= 0.3 is 0 Å². The van der Waals surface area contributed by atoms with Gasteiger partial charge in [-0.15, -0.1) is 0 Å². The number of hydrogen-bond donors (Lipinski definition) is 1. The van der Waals surface area contributed by atoms with E-state index in [1.807, 2.05) is 0 Å². The van der Waals surface area contributed by atoms with Crippen molar-refractivity contribution in [1.29, 1.82) is 0 Å². The van der Waals surface area contributed by atoms with Crippen LogP contribution < -0.4 is 0 Å². The molecule has 0 aromatic heterocycles. The number of thiol groups is 1. The largest absolute Gasteiger partial charge is 0.379 e. The van der Waals surface area contributed by atoms with Crippen LogP contribution in [0.4, 0.5) is 0 Å². The van der Waals surface area contributed by atoms with E-state index in [2.05, 4.69) is 12.6 Å². The normalized spacial score (nSPS) is 31.1. The van der Waals surface area contributed by atoms with Crippen molar-refractivity contribution in [3.05, 3.63) is 0 Å². The Kier molecular flexibility index (Phi) is 3.74. The van der Waals surface area contributed by atoms with E-state index in [9.17, 15) is 0 Å². The van der Waals surface area contributed by atoms with Crippen molar-refractivity contribution in [2.24, 2.45) is 5.41 Å². The summed E-state index contributed by atoms with van der Waals surface area (Å²) in [6.45, 7) is 2.56. The van der Waals surface area contributed by atoms with Crippen molar-refractivity contribution in [2.45, 2.75) is 38.2 Å². The van der Waals surface area contributed by atoms with Gasteiger partial charge in [0.05, 0.1) is 19.3 Å². The zero-order valence-electron chi connectivity index (χ0n) is 8.71. The third kappa shape index (κ3) is 2.44. The van der Waals surface area contributed by atoms with Crippen molar-refractivity contribution in [2.75, 3.05) is 25.6 Å². The van der Waals surface area contributed by atoms with Gasteiger partial charge in [-0.3, -0.25) is 0 Å². The quantitative estimate of drug-likeness (QED) is 0.727. The molecule has 1 aliphatic heterocycles. The SMILES string of the molecule is SCC1(COC2CCOC2)CCCC1. The van der Waals surface area contributed by atoms with Crippen LogP contribution in [0.25, 0.3) is 0 Å². The Morgan fingerprint density at radius 2 is 2.14 bits per heavy atom. The fraction of sp³-hybridized carbons (Fsp3) is 1.00. The second kappa shape index (κ2) is 4.86. The molecule has 0 radical (unpaired) electrons. The van der Waals surface area contributed by atoms with Crippen LogP contribution in [-0.2, 0) is 9.47 Å². The fourth-order valence-corrected chi connectivity index (χ4v) is 2.82. The Balaban J connectivity index is 1.76. The first-order valence-electron chi connectivity index (χ1n) is 5.65. The van der Waals surface area contributed by atoms with Crippen molar-refractivity contribution < 1.29 is 9.47 Å². The minimum atomic E-state index is 0.354. The molecule has 1 atom stereocenters. The molecule has 2 fully saturated rings. The first-order valence-corrected chi connectivity index (χ1v) is 6.28. The van der Waals surface area contributed by atoms with Crippen LogP contribution in [0.2, 0.25) is 0 Å². The maximum absolute atomic E-state index is 5.91. The van der Waals surface area contributed by atoms with Crippen molar-refractivity contribution in [3.8, 4) is 0 Å². The lowest BCUT2D eigenvalue weighted by atomic mass is 9.90. The molecular weight excluding hydrogens is 196 g/mol. The van der Waals surface area contributed by atoms with Crippen LogP contribution in [-0.4, -0.2) is 31.7 Å². The average Bonchev–Trinajstić information content (AvgIpc) is 2.87. The summed E-state index contributed by atoms with van der Waals surface area (Å²) in [4.78, 5) is 0. The van der Waals surface area contributed by atoms with Crippen LogP contribution in [0.5, 0.6) is 0 Å². The van der Waals surface area contributed by atoms with Gasteiger partial charge < -0.3 is 9.47 Å². The van der Waals surface area contributed by atoms with Gasteiger partial charge in [-0.1, -0.05) is 12.8 Å². The molecule has 1 saturated carbocycles. The van der Waals surface area contributed by atoms with Crippen molar-refractivity contribution in [3.63, 3.8) is 0 Å². The van der Waals surface area contributed by atoms with E-state index in [4.69, 9.17) is 9.47 Å². The Morgan fingerprint density at radius 3 is 2.71 bits per heavy atom. The van der Waals surface area contributed by atoms with Crippen LogP contribution in [0, 0.1) is 5.41 Å². The van der Waals surface area contributed by atoms with Crippen LogP contribution in [0.3, 0.4) is 0 Å². The monoisotopic (exact) mass is 216 g/mol. The number of rotatable bonds is 4. The molecule has 0 amide bonds. The molecule has 0 N–H and O–H groups in total. The van der Waals surface area contributed by atoms with Gasteiger partial charge in [0.15, 0.2) is 0 Å². The lowest BCUT2D eigenvalue weighted by Gasteiger charge is -2.27. The molecule has 2 nitrogen and oxygen atoms in total. The molecule has 0 aromatic rings. The molecule has 0 spiro atoms. The maximum atomic E-state index is 5.91. The van der Waals surface area contributed by atoms with Crippen molar-refractivity contribution in [1.82, 2.24) is 0 Å². The highest BCUT2D eigenvalue weighted by Gasteiger charge is 2.33. The van der Waals surface area contributed by atoms with Gasteiger partial charge in [-0.2, -0.15) is 12.6 Å². The molecule has 1 saturated heterocycles. The van der Waals surface area contributed by atoms with E-state index in [1.165, 1.54) is 25.7 Å². The van der Waals surface area contributed by atoms with Gasteiger partial charge in [0.2, 0.25) is 0 Å². The second-order valence-corrected chi connectivity index (χ2v) is 4.98. The lowest BCUT2D eigenvalue weighted by molar-refractivity contribution is -0.00347. The highest BCUT2D eigenvalue weighted by atomic mass is 32.1. The molecule has 82 valence electrons. The van der Waals surface area contributed by atoms with E-state index >= 15 is 0 Å². The van der Waals surface area contributed by atoms with E-state index < -0.39 is 0 Å². The summed E-state index contributed by atoms with van der Waals surface area (Å²) < 4.78 is 11.2. The third-order valence-corrected chi connectivity index (χ3v) is 4.18. The summed E-state index contributed by atoms with van der Waals surface area (Å²) in [7, 11) is 0. The van der Waals surface area contributed by atoms with Gasteiger partial charge in [-0.25, -0.2) is 0 Å². The van der Waals surface area contributed by atoms with Crippen LogP contribution in [0.1, 0.15) is 32.1 Å². The Morgan fingerprint density at radius 1 is 1.36 bits per heavy atom. The molecule has 1 unspecified atom stereocenters. The maximum Gasteiger partial charge on any atom is 0.0830 e. The molecule has 2 rings (SSSR count). The molecular formula is C11H20O2S. The number of hydrogen-bond acceptors (Lipinski definition) is 3. The zero-order valence-corrected chi connectivity index (χ0v) is 9.60. The molecule has 2 aliphatic rings. The van der Waals surface area contributed by atoms with Gasteiger partial charge in [0, 0.05) is 12.0 Å². The second-order valence-electron chi connectivity index (χ2n) is 4.66. The molecule has 1 heterocycles. The predicted octanol–water partition coefficient (Wildman–Crippen LogP) is 2.28. The van der Waals surface area contributed by atoms with Crippen LogP contribution >= 0.6 is 12.6 Å². The average molecular weight is 216 g/mol. The Hall–Kier alpha value is 0.270. The van der Waals surface area contributed by atoms with Gasteiger partial charge in [0.25, 0.3) is 0 Å². The number of ether oxygens (including phenoxy) is 2. The van der Waals surface area contributed by atoms with Crippen molar-refractivity contribution >= 4 is 12.6 Å². The lowest BCUT2D eigenvalue weighted by Crippen LogP contribution is -2.28. The highest BCUT2D eigenvalue weighted by molar-refractivity contribution is 7.80. The molecule has 0 bridgehead atoms. The predicted molar refractivity (Wildman–Crippen MR) is 59.9 cm³/mol. The first kappa shape index (κ1) is 10.8. The van der Waals surface area contributed by atoms with Crippen LogP contribution in [0.15, 0.2) is 0 Å². The zero-order chi connectivity index (χ0) is 9.86. The summed E-state index contributed by atoms with van der Waals surface area (Å²) in [5.41, 5.74) is 0.381. The molecule has 14 heavy (non-hydrogen) atoms.